The van der Waals surface area contributed by atoms with Gasteiger partial charge < -0.3 is 21.7 Å². The van der Waals surface area contributed by atoms with Crippen LogP contribution in [0.15, 0.2) is 48.5 Å². The fourth-order valence-electron chi connectivity index (χ4n) is 6.02. The largest absolute Gasteiger partial charge is 0.339 e. The molecule has 6 rings (SSSR count). The van der Waals surface area contributed by atoms with Crippen molar-refractivity contribution >= 4 is 5.91 Å². The van der Waals surface area contributed by atoms with Crippen LogP contribution in [0.2, 0.25) is 0 Å². The van der Waals surface area contributed by atoms with Gasteiger partial charge in [-0.3, -0.25) is 9.69 Å². The Balaban J connectivity index is 1.12. The van der Waals surface area contributed by atoms with Crippen LogP contribution in [0.3, 0.4) is 0 Å². The first-order chi connectivity index (χ1) is 16.4. The molecule has 1 heterocycles. The van der Waals surface area contributed by atoms with Crippen molar-refractivity contribution in [1.29, 1.82) is 0 Å². The molecule has 0 unspecified atom stereocenters. The Kier molecular flexibility index (Phi) is 6.76. The van der Waals surface area contributed by atoms with E-state index in [2.05, 4.69) is 70.7 Å². The van der Waals surface area contributed by atoms with E-state index in [4.69, 9.17) is 11.5 Å². The molecule has 2 aromatic rings. The highest BCUT2D eigenvalue weighted by molar-refractivity contribution is 5.86. The smallest absolute Gasteiger partial charge is 0.241 e. The summed E-state index contributed by atoms with van der Waals surface area (Å²) in [7, 11) is 2.19. The number of hydrogen-bond acceptors (Lipinski definition) is 5. The second-order valence-corrected chi connectivity index (χ2v) is 11.0. The zero-order chi connectivity index (χ0) is 23.7. The topological polar surface area (TPSA) is 87.6 Å². The highest BCUT2D eigenvalue weighted by atomic mass is 16.2. The SMILES string of the molecule is CN1CCN(Cc2ccc(-c3ccc(C[C@@H](N)NC(=O)C4(N)CC5CC(C5)C4)cc3)cc2)CC1. The first kappa shape index (κ1) is 23.5. The molecule has 1 amide bonds. The van der Waals surface area contributed by atoms with Gasteiger partial charge in [0.05, 0.1) is 11.7 Å². The number of nitrogens with one attached hydrogen (secondary N) is 1. The van der Waals surface area contributed by atoms with Crippen LogP contribution >= 0.6 is 0 Å². The van der Waals surface area contributed by atoms with Crippen LogP contribution in [0, 0.1) is 11.8 Å². The van der Waals surface area contributed by atoms with E-state index in [9.17, 15) is 4.79 Å². The molecule has 6 nitrogen and oxygen atoms in total. The summed E-state index contributed by atoms with van der Waals surface area (Å²) in [6, 6.07) is 17.4. The Labute approximate surface area is 203 Å². The highest BCUT2D eigenvalue weighted by Gasteiger charge is 2.49. The lowest BCUT2D eigenvalue weighted by atomic mass is 9.58. The standard InChI is InChI=1S/C28H39N5O/c1-32-10-12-33(13-11-32)19-21-4-8-25(9-5-21)24-6-2-20(3-7-24)16-26(29)31-27(34)28(30)17-22-14-23(15-22)18-28/h2-9,22-23,26H,10-19,29-30H2,1H3,(H,31,34)/t22?,23?,26-,28?/m0/s1. The van der Waals surface area contributed by atoms with E-state index in [1.165, 1.54) is 29.5 Å². The van der Waals surface area contributed by atoms with Gasteiger partial charge in [0.25, 0.3) is 0 Å². The van der Waals surface area contributed by atoms with Crippen LogP contribution in [0.4, 0.5) is 0 Å². The Morgan fingerprint density at radius 3 is 2.03 bits per heavy atom. The molecule has 2 aromatic carbocycles. The summed E-state index contributed by atoms with van der Waals surface area (Å²) in [4.78, 5) is 17.7. The first-order valence-electron chi connectivity index (χ1n) is 12.8. The van der Waals surface area contributed by atoms with Gasteiger partial charge in [-0.05, 0) is 66.8 Å². The molecule has 2 bridgehead atoms. The molecule has 182 valence electrons. The molecule has 1 aliphatic heterocycles. The second kappa shape index (κ2) is 9.78. The lowest BCUT2D eigenvalue weighted by molar-refractivity contribution is -0.132. The van der Waals surface area contributed by atoms with Crippen LogP contribution < -0.4 is 16.8 Å². The van der Waals surface area contributed by atoms with Crippen molar-refractivity contribution in [3.05, 3.63) is 59.7 Å². The minimum Gasteiger partial charge on any atom is -0.339 e. The molecule has 1 saturated heterocycles. The van der Waals surface area contributed by atoms with Crippen molar-refractivity contribution in [2.45, 2.75) is 50.4 Å². The zero-order valence-corrected chi connectivity index (χ0v) is 20.4. The third-order valence-corrected chi connectivity index (χ3v) is 8.11. The third-order valence-electron chi connectivity index (χ3n) is 8.11. The van der Waals surface area contributed by atoms with Crippen molar-refractivity contribution in [1.82, 2.24) is 15.1 Å². The highest BCUT2D eigenvalue weighted by Crippen LogP contribution is 2.49. The van der Waals surface area contributed by atoms with Gasteiger partial charge in [-0.15, -0.1) is 0 Å². The van der Waals surface area contributed by atoms with Gasteiger partial charge in [0.15, 0.2) is 0 Å². The number of hydrogen-bond donors (Lipinski definition) is 3. The van der Waals surface area contributed by atoms with E-state index >= 15 is 0 Å². The molecular weight excluding hydrogens is 422 g/mol. The molecule has 4 aliphatic rings. The number of fused-ring (bicyclic) bond motifs is 2. The molecule has 1 atom stereocenters. The van der Waals surface area contributed by atoms with E-state index in [0.717, 1.165) is 51.1 Å². The lowest BCUT2D eigenvalue weighted by Crippen LogP contribution is -2.63. The predicted molar refractivity (Wildman–Crippen MR) is 137 cm³/mol. The molecule has 34 heavy (non-hydrogen) atoms. The molecule has 0 radical (unpaired) electrons. The van der Waals surface area contributed by atoms with E-state index in [1.54, 1.807) is 0 Å². The Morgan fingerprint density at radius 2 is 1.47 bits per heavy atom. The average Bonchev–Trinajstić information content (AvgIpc) is 2.81. The van der Waals surface area contributed by atoms with Crippen molar-refractivity contribution in [3.8, 4) is 11.1 Å². The fraction of sp³-hybridized carbons (Fsp3) is 0.536. The summed E-state index contributed by atoms with van der Waals surface area (Å²) in [5.74, 6) is 1.17. The normalized spacial score (nSPS) is 28.2. The van der Waals surface area contributed by atoms with Crippen LogP contribution in [-0.4, -0.2) is 60.6 Å². The number of amides is 1. The summed E-state index contributed by atoms with van der Waals surface area (Å²) in [5.41, 5.74) is 16.9. The van der Waals surface area contributed by atoms with Gasteiger partial charge in [-0.2, -0.15) is 0 Å². The van der Waals surface area contributed by atoms with Crippen LogP contribution in [0.1, 0.15) is 36.8 Å². The summed E-state index contributed by atoms with van der Waals surface area (Å²) in [5, 5.41) is 2.98. The van der Waals surface area contributed by atoms with Crippen molar-refractivity contribution in [3.63, 3.8) is 0 Å². The van der Waals surface area contributed by atoms with Gasteiger partial charge in [0.2, 0.25) is 5.91 Å². The van der Waals surface area contributed by atoms with Gasteiger partial charge in [0.1, 0.15) is 0 Å². The quantitative estimate of drug-likeness (QED) is 0.552. The van der Waals surface area contributed by atoms with Crippen LogP contribution in [0.25, 0.3) is 11.1 Å². The van der Waals surface area contributed by atoms with Gasteiger partial charge in [-0.1, -0.05) is 48.5 Å². The summed E-state index contributed by atoms with van der Waals surface area (Å²) >= 11 is 0. The van der Waals surface area contributed by atoms with Gasteiger partial charge in [-0.25, -0.2) is 0 Å². The number of benzene rings is 2. The minimum absolute atomic E-state index is 0.0808. The van der Waals surface area contributed by atoms with Crippen LogP contribution in [0.5, 0.6) is 0 Å². The maximum absolute atomic E-state index is 12.8. The third kappa shape index (κ3) is 5.36. The molecule has 4 fully saturated rings. The maximum atomic E-state index is 12.8. The van der Waals surface area contributed by atoms with E-state index in [1.807, 2.05) is 0 Å². The Hall–Kier alpha value is -2.25. The van der Waals surface area contributed by atoms with Gasteiger partial charge in [0, 0.05) is 39.1 Å². The predicted octanol–water partition coefficient (Wildman–Crippen LogP) is 2.56. The second-order valence-electron chi connectivity index (χ2n) is 11.0. The van der Waals surface area contributed by atoms with Gasteiger partial charge >= 0.3 is 0 Å². The molecular formula is C28H39N5O. The number of nitrogens with zero attached hydrogens (tertiary/aromatic N) is 2. The van der Waals surface area contributed by atoms with Crippen molar-refractivity contribution in [2.75, 3.05) is 33.2 Å². The zero-order valence-electron chi connectivity index (χ0n) is 20.4. The maximum Gasteiger partial charge on any atom is 0.241 e. The molecule has 0 aromatic heterocycles. The number of nitrogens with two attached hydrogens (primary N) is 2. The molecule has 3 aliphatic carbocycles. The van der Waals surface area contributed by atoms with Crippen molar-refractivity contribution < 1.29 is 4.79 Å². The Morgan fingerprint density at radius 1 is 0.941 bits per heavy atom. The molecule has 3 saturated carbocycles. The molecule has 0 spiro atoms. The summed E-state index contributed by atoms with van der Waals surface area (Å²) in [6.45, 7) is 5.57. The minimum atomic E-state index is -0.732. The lowest BCUT2D eigenvalue weighted by Gasteiger charge is -2.49. The van der Waals surface area contributed by atoms with Crippen LogP contribution in [-0.2, 0) is 17.8 Å². The fourth-order valence-corrected chi connectivity index (χ4v) is 6.02. The average molecular weight is 462 g/mol. The number of carbonyl (C=O) groups excluding carboxylic acids is 1. The number of carbonyl (C=O) groups is 1. The van der Waals surface area contributed by atoms with Crippen molar-refractivity contribution in [2.24, 2.45) is 23.3 Å². The number of piperazine rings is 1. The number of rotatable bonds is 7. The van der Waals surface area contributed by atoms with E-state index < -0.39 is 11.7 Å². The molecule has 6 heteroatoms. The Bertz CT molecular complexity index is 965. The monoisotopic (exact) mass is 461 g/mol. The first-order valence-corrected chi connectivity index (χ1v) is 12.8. The van der Waals surface area contributed by atoms with E-state index in [-0.39, 0.29) is 5.91 Å². The summed E-state index contributed by atoms with van der Waals surface area (Å²) in [6.07, 6.45) is 4.24. The summed E-state index contributed by atoms with van der Waals surface area (Å²) < 4.78 is 0. The number of likely N-dealkylation sites (N-methyl/N-ethyl adjacent to an activating group) is 1. The molecule has 5 N–H and O–H groups in total. The van der Waals surface area contributed by atoms with E-state index in [0.29, 0.717) is 18.3 Å².